The van der Waals surface area contributed by atoms with E-state index in [2.05, 4.69) is 16.4 Å². The first-order chi connectivity index (χ1) is 12.8. The Morgan fingerprint density at radius 3 is 1.56 bits per heavy atom. The molecule has 8 heteroatoms. The first kappa shape index (κ1) is 27.2. The van der Waals surface area contributed by atoms with Crippen molar-refractivity contribution in [1.29, 1.82) is 0 Å². The van der Waals surface area contributed by atoms with Crippen molar-refractivity contribution in [2.75, 3.05) is 6.61 Å². The van der Waals surface area contributed by atoms with E-state index in [1.807, 2.05) is 0 Å². The largest absolute Gasteiger partial charge is 0.506 e. The van der Waals surface area contributed by atoms with Gasteiger partial charge in [0.1, 0.15) is 12.7 Å². The molecule has 0 amide bonds. The van der Waals surface area contributed by atoms with E-state index < -0.39 is 24.4 Å². The van der Waals surface area contributed by atoms with Crippen LogP contribution in [0.1, 0.15) is 90.9 Å². The molecule has 0 saturated heterocycles. The highest BCUT2D eigenvalue weighted by Gasteiger charge is 2.09. The molecule has 0 aliphatic heterocycles. The third-order valence-electron chi connectivity index (χ3n) is 3.74. The van der Waals surface area contributed by atoms with Crippen LogP contribution >= 0.6 is 0 Å². The molecule has 0 spiro atoms. The number of carbonyl (C=O) groups is 3. The Labute approximate surface area is 161 Å². The molecule has 0 aromatic rings. The van der Waals surface area contributed by atoms with Crippen molar-refractivity contribution in [1.82, 2.24) is 0 Å². The molecule has 3 N–H and O–H groups in total. The molecule has 1 unspecified atom stereocenters. The highest BCUT2D eigenvalue weighted by Crippen LogP contribution is 2.11. The molecule has 0 bridgehead atoms. The lowest BCUT2D eigenvalue weighted by Gasteiger charge is -2.08. The number of hydrogen-bond donors (Lipinski definition) is 3. The molecule has 27 heavy (non-hydrogen) atoms. The minimum absolute atomic E-state index is 0.290. The Hall–Kier alpha value is -1.99. The van der Waals surface area contributed by atoms with Gasteiger partial charge in [0.05, 0.1) is 0 Å². The highest BCUT2D eigenvalue weighted by atomic mass is 16.7. The molecule has 0 radical (unpaired) electrons. The summed E-state index contributed by atoms with van der Waals surface area (Å²) >= 11 is 0. The van der Waals surface area contributed by atoms with Gasteiger partial charge in [0.2, 0.25) is 0 Å². The van der Waals surface area contributed by atoms with Crippen LogP contribution in [0.3, 0.4) is 0 Å². The smallest absolute Gasteiger partial charge is 0.481 e. The molecule has 0 saturated carbocycles. The summed E-state index contributed by atoms with van der Waals surface area (Å²) in [6.45, 7) is 3.34. The summed E-state index contributed by atoms with van der Waals surface area (Å²) in [6, 6.07) is 0. The van der Waals surface area contributed by atoms with Crippen LogP contribution < -0.4 is 0 Å². The Bertz CT molecular complexity index is 384. The summed E-state index contributed by atoms with van der Waals surface area (Å²) in [7, 11) is 0. The number of aliphatic carboxylic acids is 1. The molecule has 8 nitrogen and oxygen atoms in total. The van der Waals surface area contributed by atoms with Crippen LogP contribution in [-0.4, -0.2) is 46.3 Å². The van der Waals surface area contributed by atoms with Gasteiger partial charge in [-0.2, -0.15) is 0 Å². The summed E-state index contributed by atoms with van der Waals surface area (Å²) in [5.41, 5.74) is 0. The van der Waals surface area contributed by atoms with Crippen LogP contribution in [0.2, 0.25) is 0 Å². The first-order valence-corrected chi connectivity index (χ1v) is 9.76. The van der Waals surface area contributed by atoms with Crippen molar-refractivity contribution in [3.63, 3.8) is 0 Å². The number of carboxylic acids is 1. The zero-order chi connectivity index (χ0) is 20.9. The number of unbranched alkanes of at least 4 members (excludes halogenated alkanes) is 10. The van der Waals surface area contributed by atoms with Gasteiger partial charge < -0.3 is 24.8 Å². The molecular weight excluding hydrogens is 356 g/mol. The van der Waals surface area contributed by atoms with Crippen molar-refractivity contribution in [2.45, 2.75) is 97.0 Å². The second-order valence-corrected chi connectivity index (χ2v) is 6.45. The maximum atomic E-state index is 10.3. The van der Waals surface area contributed by atoms with Crippen LogP contribution in [0, 0.1) is 0 Å². The van der Waals surface area contributed by atoms with Gasteiger partial charge >= 0.3 is 18.3 Å². The van der Waals surface area contributed by atoms with Gasteiger partial charge in [-0.1, -0.05) is 71.1 Å². The average Bonchev–Trinajstić information content (AvgIpc) is 2.57. The lowest BCUT2D eigenvalue weighted by Crippen LogP contribution is -2.20. The monoisotopic (exact) mass is 392 g/mol. The molecule has 1 atom stereocenters. The van der Waals surface area contributed by atoms with E-state index in [4.69, 9.17) is 15.3 Å². The third-order valence-corrected chi connectivity index (χ3v) is 3.74. The molecule has 0 rings (SSSR count). The van der Waals surface area contributed by atoms with Gasteiger partial charge in [0.15, 0.2) is 0 Å². The first-order valence-electron chi connectivity index (χ1n) is 9.76. The van der Waals surface area contributed by atoms with Gasteiger partial charge in [-0.05, 0) is 13.3 Å². The molecular formula is C19H36O8. The van der Waals surface area contributed by atoms with Crippen molar-refractivity contribution in [3.8, 4) is 0 Å². The third kappa shape index (κ3) is 29.0. The van der Waals surface area contributed by atoms with E-state index in [0.29, 0.717) is 6.42 Å². The van der Waals surface area contributed by atoms with Gasteiger partial charge in [-0.25, -0.2) is 9.59 Å². The predicted octanol–water partition coefficient (Wildman–Crippen LogP) is 5.54. The van der Waals surface area contributed by atoms with Crippen molar-refractivity contribution < 1.29 is 39.2 Å². The van der Waals surface area contributed by atoms with Crippen LogP contribution in [0.15, 0.2) is 0 Å². The summed E-state index contributed by atoms with van der Waals surface area (Å²) in [5, 5.41) is 24.5. The fourth-order valence-corrected chi connectivity index (χ4v) is 2.34. The standard InChI is InChI=1S/C14H28O2.C5H8O6/c1-2-3-4-5-6-7-8-9-10-11-12-13-14(15)16;1-3(11-5(8)9)2-10-4(6)7/h2-13H2,1H3,(H,15,16);3H,2H2,1H3,(H,6,7)(H,8,9). The second-order valence-electron chi connectivity index (χ2n) is 6.45. The fraction of sp³-hybridized carbons (Fsp3) is 0.842. The summed E-state index contributed by atoms with van der Waals surface area (Å²) in [5.74, 6) is -0.657. The zero-order valence-corrected chi connectivity index (χ0v) is 16.7. The number of hydrogen-bond acceptors (Lipinski definition) is 5. The topological polar surface area (TPSA) is 130 Å². The average molecular weight is 392 g/mol. The Morgan fingerprint density at radius 1 is 0.741 bits per heavy atom. The number of carboxylic acid groups (broad SMARTS) is 3. The molecule has 0 aromatic heterocycles. The van der Waals surface area contributed by atoms with Crippen molar-refractivity contribution in [2.24, 2.45) is 0 Å². The Morgan fingerprint density at radius 2 is 1.19 bits per heavy atom. The molecule has 0 fully saturated rings. The molecule has 160 valence electrons. The lowest BCUT2D eigenvalue weighted by atomic mass is 10.1. The van der Waals surface area contributed by atoms with Crippen LogP contribution in [0.4, 0.5) is 9.59 Å². The van der Waals surface area contributed by atoms with E-state index in [9.17, 15) is 14.4 Å². The Kier molecular flexibility index (Phi) is 20.5. The number of ether oxygens (including phenoxy) is 2. The number of rotatable bonds is 15. The van der Waals surface area contributed by atoms with Gasteiger partial charge in [0.25, 0.3) is 0 Å². The van der Waals surface area contributed by atoms with E-state index in [1.54, 1.807) is 0 Å². The van der Waals surface area contributed by atoms with Crippen LogP contribution in [0.5, 0.6) is 0 Å². The van der Waals surface area contributed by atoms with E-state index in [-0.39, 0.29) is 6.61 Å². The van der Waals surface area contributed by atoms with E-state index in [1.165, 1.54) is 64.7 Å². The van der Waals surface area contributed by atoms with Gasteiger partial charge in [0, 0.05) is 6.42 Å². The minimum atomic E-state index is -1.45. The van der Waals surface area contributed by atoms with E-state index >= 15 is 0 Å². The summed E-state index contributed by atoms with van der Waals surface area (Å²) in [4.78, 5) is 29.9. The molecule has 0 heterocycles. The van der Waals surface area contributed by atoms with Crippen molar-refractivity contribution in [3.05, 3.63) is 0 Å². The molecule has 0 aliphatic rings. The maximum Gasteiger partial charge on any atom is 0.506 e. The minimum Gasteiger partial charge on any atom is -0.481 e. The predicted molar refractivity (Wildman–Crippen MR) is 101 cm³/mol. The highest BCUT2D eigenvalue weighted by molar-refractivity contribution is 5.66. The zero-order valence-electron chi connectivity index (χ0n) is 16.7. The quantitative estimate of drug-likeness (QED) is 0.245. The fourth-order valence-electron chi connectivity index (χ4n) is 2.34. The van der Waals surface area contributed by atoms with Crippen LogP contribution in [0.25, 0.3) is 0 Å². The molecule has 0 aliphatic carbocycles. The SMILES string of the molecule is CC(COC(=O)O)OC(=O)O.CCCCCCCCCCCCCC(=O)O. The van der Waals surface area contributed by atoms with Gasteiger partial charge in [-0.15, -0.1) is 0 Å². The summed E-state index contributed by atoms with van der Waals surface area (Å²) < 4.78 is 8.16. The normalized spacial score (nSPS) is 11.0. The second kappa shape index (κ2) is 20.3. The van der Waals surface area contributed by atoms with Crippen LogP contribution in [-0.2, 0) is 14.3 Å². The summed E-state index contributed by atoms with van der Waals surface area (Å²) in [6.07, 6.45) is 10.7. The van der Waals surface area contributed by atoms with Crippen molar-refractivity contribution >= 4 is 18.3 Å². The lowest BCUT2D eigenvalue weighted by molar-refractivity contribution is -0.137. The van der Waals surface area contributed by atoms with Gasteiger partial charge in [-0.3, -0.25) is 4.79 Å². The maximum absolute atomic E-state index is 10.3. The Balaban J connectivity index is 0. The molecule has 0 aromatic carbocycles. The van der Waals surface area contributed by atoms with E-state index in [0.717, 1.165) is 12.8 Å².